The molecule has 0 amide bonds. The van der Waals surface area contributed by atoms with Crippen LogP contribution in [0, 0.1) is 11.8 Å². The quantitative estimate of drug-likeness (QED) is 0.541. The molecule has 2 fully saturated rings. The first-order chi connectivity index (χ1) is 7.79. The highest BCUT2D eigenvalue weighted by Gasteiger charge is 2.24. The van der Waals surface area contributed by atoms with Gasteiger partial charge in [-0.05, 0) is 37.3 Å². The van der Waals surface area contributed by atoms with Gasteiger partial charge in [0.25, 0.3) is 0 Å². The molecule has 0 aromatic carbocycles. The Bertz CT molecular complexity index is 276. The van der Waals surface area contributed by atoms with E-state index in [1.165, 1.54) is 44.9 Å². The Hall–Kier alpha value is -0.573. The summed E-state index contributed by atoms with van der Waals surface area (Å²) in [5.41, 5.74) is 2.28. The van der Waals surface area contributed by atoms with Gasteiger partial charge in [0.1, 0.15) is 0 Å². The number of allylic oxidation sites excluding steroid dienone is 1. The van der Waals surface area contributed by atoms with Crippen LogP contribution in [0.15, 0.2) is 12.3 Å². The molecule has 0 N–H and O–H groups in total. The highest BCUT2D eigenvalue weighted by molar-refractivity contribution is 6.55. The summed E-state index contributed by atoms with van der Waals surface area (Å²) in [6.07, 6.45) is 9.17. The Morgan fingerprint density at radius 2 is 1.88 bits per heavy atom. The fourth-order valence-electron chi connectivity index (χ4n) is 2.24. The van der Waals surface area contributed by atoms with Crippen molar-refractivity contribution in [2.75, 3.05) is 7.11 Å². The van der Waals surface area contributed by atoms with Gasteiger partial charge in [0.05, 0.1) is 12.9 Å². The molecule has 0 aromatic rings. The first-order valence-corrected chi connectivity index (χ1v) is 7.81. The molecular weight excluding hydrogens is 216 g/mol. The summed E-state index contributed by atoms with van der Waals surface area (Å²) in [6, 6.07) is 0. The molecule has 2 nitrogen and oxygen atoms in total. The van der Waals surface area contributed by atoms with Gasteiger partial charge in [0, 0.05) is 5.92 Å². The second-order valence-electron chi connectivity index (χ2n) is 4.93. The van der Waals surface area contributed by atoms with Crippen LogP contribution in [-0.2, 0) is 8.85 Å². The van der Waals surface area contributed by atoms with Gasteiger partial charge in [-0.2, -0.15) is 0 Å². The van der Waals surface area contributed by atoms with E-state index >= 15 is 0 Å². The van der Waals surface area contributed by atoms with Crippen LogP contribution in [0.4, 0.5) is 0 Å². The molecule has 0 spiro atoms. The number of rotatable bonds is 5. The van der Waals surface area contributed by atoms with Crippen LogP contribution in [0.5, 0.6) is 0 Å². The summed E-state index contributed by atoms with van der Waals surface area (Å²) >= 11 is 0. The van der Waals surface area contributed by atoms with E-state index in [4.69, 9.17) is 8.85 Å². The van der Waals surface area contributed by atoms with Crippen molar-refractivity contribution in [3.05, 3.63) is 12.3 Å². The van der Waals surface area contributed by atoms with E-state index in [0.717, 1.165) is 11.7 Å². The summed E-state index contributed by atoms with van der Waals surface area (Å²) in [6.45, 7) is 4.10. The first-order valence-electron chi connectivity index (χ1n) is 6.42. The Kier molecular flexibility index (Phi) is 4.21. The molecule has 0 aliphatic heterocycles. The van der Waals surface area contributed by atoms with Crippen LogP contribution in [0.25, 0.3) is 0 Å². The largest absolute Gasteiger partial charge is 0.526 e. The molecule has 16 heavy (non-hydrogen) atoms. The third-order valence-electron chi connectivity index (χ3n) is 3.49. The lowest BCUT2D eigenvalue weighted by molar-refractivity contribution is 0.251. The number of hydrogen-bond donors (Lipinski definition) is 0. The molecule has 2 rings (SSSR count). The van der Waals surface area contributed by atoms with Crippen molar-refractivity contribution in [2.24, 2.45) is 11.8 Å². The molecular formula is C13H22O2Si. The maximum atomic E-state index is 5.92. The van der Waals surface area contributed by atoms with Gasteiger partial charge >= 0.3 is 8.90 Å². The van der Waals surface area contributed by atoms with Crippen LogP contribution >= 0.6 is 0 Å². The van der Waals surface area contributed by atoms with Crippen LogP contribution < -0.4 is 0 Å². The molecule has 0 unspecified atom stereocenters. The van der Waals surface area contributed by atoms with Crippen molar-refractivity contribution in [1.29, 1.82) is 0 Å². The van der Waals surface area contributed by atoms with Crippen molar-refractivity contribution >= 4 is 14.6 Å². The van der Waals surface area contributed by atoms with E-state index in [9.17, 15) is 0 Å². The second-order valence-corrected chi connectivity index (χ2v) is 6.51. The van der Waals surface area contributed by atoms with Gasteiger partial charge in [0.2, 0.25) is 0 Å². The Labute approximate surface area is 100 Å². The molecule has 0 heterocycles. The third kappa shape index (κ3) is 3.48. The third-order valence-corrected chi connectivity index (χ3v) is 5.10. The lowest BCUT2D eigenvalue weighted by Gasteiger charge is -2.24. The van der Waals surface area contributed by atoms with Gasteiger partial charge in [0.15, 0.2) is 0 Å². The topological polar surface area (TPSA) is 18.5 Å². The monoisotopic (exact) mass is 238 g/mol. The van der Waals surface area contributed by atoms with Crippen molar-refractivity contribution in [1.82, 2.24) is 0 Å². The van der Waals surface area contributed by atoms with Gasteiger partial charge in [-0.3, -0.25) is 0 Å². The predicted octanol–water partition coefficient (Wildman–Crippen LogP) is 3.03. The summed E-state index contributed by atoms with van der Waals surface area (Å²) in [5.74, 6) is 2.32. The van der Waals surface area contributed by atoms with Crippen molar-refractivity contribution < 1.29 is 8.85 Å². The minimum Gasteiger partial charge on any atom is -0.526 e. The average molecular weight is 238 g/mol. The van der Waals surface area contributed by atoms with E-state index in [-0.39, 0.29) is 0 Å². The molecule has 0 saturated heterocycles. The zero-order valence-corrected chi connectivity index (χ0v) is 11.2. The molecule has 90 valence electrons. The van der Waals surface area contributed by atoms with Crippen LogP contribution in [0.2, 0.25) is 0 Å². The van der Waals surface area contributed by atoms with Gasteiger partial charge in [-0.1, -0.05) is 25.8 Å². The van der Waals surface area contributed by atoms with Crippen LogP contribution in [0.1, 0.15) is 44.9 Å². The fourth-order valence-corrected chi connectivity index (χ4v) is 3.67. The number of hydrogen-bond acceptors (Lipinski definition) is 2. The minimum atomic E-state index is -1.19. The maximum Gasteiger partial charge on any atom is 0.481 e. The first kappa shape index (κ1) is 11.9. The Morgan fingerprint density at radius 1 is 1.19 bits per heavy atom. The van der Waals surface area contributed by atoms with E-state index in [1.807, 2.05) is 0 Å². The van der Waals surface area contributed by atoms with Crippen molar-refractivity contribution in [3.63, 3.8) is 0 Å². The minimum absolute atomic E-state index is 0.580. The van der Waals surface area contributed by atoms with E-state index in [2.05, 4.69) is 12.3 Å². The van der Waals surface area contributed by atoms with Crippen molar-refractivity contribution in [3.8, 4) is 0 Å². The van der Waals surface area contributed by atoms with Gasteiger partial charge in [-0.15, -0.1) is 0 Å². The Balaban J connectivity index is 1.83. The molecule has 0 aromatic heterocycles. The lowest BCUT2D eigenvalue weighted by atomic mass is 9.88. The second kappa shape index (κ2) is 5.67. The predicted molar refractivity (Wildman–Crippen MR) is 68.4 cm³/mol. The summed E-state index contributed by atoms with van der Waals surface area (Å²) in [5, 5.41) is 0. The smallest absolute Gasteiger partial charge is 0.481 e. The highest BCUT2D eigenvalue weighted by atomic mass is 28.3. The molecule has 2 aliphatic rings. The molecule has 0 bridgehead atoms. The van der Waals surface area contributed by atoms with E-state index in [0.29, 0.717) is 5.92 Å². The van der Waals surface area contributed by atoms with Crippen LogP contribution in [0.3, 0.4) is 0 Å². The normalized spacial score (nSPS) is 22.9. The fraction of sp³-hybridized carbons (Fsp3) is 0.769. The lowest BCUT2D eigenvalue weighted by Crippen LogP contribution is -2.19. The molecule has 2 saturated carbocycles. The molecule has 2 aliphatic carbocycles. The maximum absolute atomic E-state index is 5.92. The highest BCUT2D eigenvalue weighted by Crippen LogP contribution is 2.30. The van der Waals surface area contributed by atoms with Gasteiger partial charge < -0.3 is 8.85 Å². The zero-order chi connectivity index (χ0) is 11.4. The summed E-state index contributed by atoms with van der Waals surface area (Å²) < 4.78 is 11.3. The average Bonchev–Trinajstić information content (AvgIpc) is 3.13. The standard InChI is InChI=1S/C13H22O2Si/c1-11(13-6-4-3-5-7-13)15-16(14-2)10-12-8-9-12/h10,12-13H,1,3-9H2,2H3. The Morgan fingerprint density at radius 3 is 2.44 bits per heavy atom. The molecule has 0 atom stereocenters. The molecule has 0 radical (unpaired) electrons. The molecule has 3 heteroatoms. The van der Waals surface area contributed by atoms with Crippen LogP contribution in [-0.4, -0.2) is 21.7 Å². The van der Waals surface area contributed by atoms with Crippen molar-refractivity contribution in [2.45, 2.75) is 44.9 Å². The SMILES string of the molecule is C=C(O[Si](=CC1CC1)OC)C1CCCCC1. The van der Waals surface area contributed by atoms with E-state index < -0.39 is 8.90 Å². The van der Waals surface area contributed by atoms with E-state index in [1.54, 1.807) is 7.11 Å². The summed E-state index contributed by atoms with van der Waals surface area (Å²) in [4.78, 5) is 0. The summed E-state index contributed by atoms with van der Waals surface area (Å²) in [7, 11) is 0.558. The van der Waals surface area contributed by atoms with Gasteiger partial charge in [-0.25, -0.2) is 0 Å². The zero-order valence-electron chi connectivity index (χ0n) is 10.2.